The van der Waals surface area contributed by atoms with E-state index in [1.54, 1.807) is 0 Å². The van der Waals surface area contributed by atoms with Gasteiger partial charge in [0.05, 0.1) is 10.4 Å². The summed E-state index contributed by atoms with van der Waals surface area (Å²) in [5.74, 6) is -1.17. The first kappa shape index (κ1) is 16.4. The number of hydrogen-bond acceptors (Lipinski definition) is 5. The van der Waals surface area contributed by atoms with Crippen molar-refractivity contribution in [2.24, 2.45) is 0 Å². The second-order valence-corrected chi connectivity index (χ2v) is 5.68. The summed E-state index contributed by atoms with van der Waals surface area (Å²) in [7, 11) is 0. The van der Waals surface area contributed by atoms with Crippen LogP contribution in [0.15, 0.2) is 45.6 Å². The number of rotatable bonds is 4. The van der Waals surface area contributed by atoms with E-state index in [0.29, 0.717) is 5.69 Å². The van der Waals surface area contributed by atoms with E-state index < -0.39 is 16.6 Å². The Morgan fingerprint density at radius 2 is 1.92 bits per heavy atom. The van der Waals surface area contributed by atoms with Crippen LogP contribution in [-0.2, 0) is 11.3 Å². The summed E-state index contributed by atoms with van der Waals surface area (Å²) in [6, 6.07) is 9.41. The Morgan fingerprint density at radius 3 is 2.56 bits per heavy atom. The molecule has 0 saturated heterocycles. The maximum absolute atomic E-state index is 12.4. The van der Waals surface area contributed by atoms with Gasteiger partial charge in [-0.25, -0.2) is 4.79 Å². The smallest absolute Gasteiger partial charge is 0.408 e. The summed E-state index contributed by atoms with van der Waals surface area (Å²) < 4.78 is 6.11. The summed E-state index contributed by atoms with van der Waals surface area (Å²) in [6.45, 7) is 3.43. The number of anilines is 1. The van der Waals surface area contributed by atoms with E-state index in [1.807, 2.05) is 32.0 Å². The van der Waals surface area contributed by atoms with Gasteiger partial charge in [-0.05, 0) is 31.0 Å². The molecule has 0 radical (unpaired) electrons. The van der Waals surface area contributed by atoms with Crippen LogP contribution in [0, 0.1) is 24.0 Å². The van der Waals surface area contributed by atoms with E-state index in [-0.39, 0.29) is 23.3 Å². The lowest BCUT2D eigenvalue weighted by Gasteiger charge is -2.11. The molecule has 2 aromatic carbocycles. The van der Waals surface area contributed by atoms with Crippen LogP contribution in [-0.4, -0.2) is 15.4 Å². The molecule has 3 aromatic rings. The van der Waals surface area contributed by atoms with Gasteiger partial charge < -0.3 is 9.73 Å². The van der Waals surface area contributed by atoms with E-state index in [4.69, 9.17) is 4.42 Å². The Hall–Kier alpha value is -3.42. The number of benzene rings is 2. The Bertz CT molecular complexity index is 1030. The number of non-ortho nitro benzene ring substituents is 1. The van der Waals surface area contributed by atoms with Crippen molar-refractivity contribution in [3.8, 4) is 0 Å². The molecule has 0 bridgehead atoms. The van der Waals surface area contributed by atoms with Gasteiger partial charge in [0.2, 0.25) is 5.91 Å². The van der Waals surface area contributed by atoms with Crippen molar-refractivity contribution < 1.29 is 14.1 Å². The van der Waals surface area contributed by atoms with E-state index in [0.717, 1.165) is 15.7 Å². The zero-order chi connectivity index (χ0) is 18.1. The normalized spacial score (nSPS) is 10.8. The van der Waals surface area contributed by atoms with Gasteiger partial charge in [0, 0.05) is 17.8 Å². The van der Waals surface area contributed by atoms with Crippen molar-refractivity contribution in [3.05, 3.63) is 68.2 Å². The topological polar surface area (TPSA) is 107 Å². The van der Waals surface area contributed by atoms with Crippen LogP contribution >= 0.6 is 0 Å². The average Bonchev–Trinajstić information content (AvgIpc) is 2.86. The van der Waals surface area contributed by atoms with Gasteiger partial charge in [0.15, 0.2) is 5.58 Å². The van der Waals surface area contributed by atoms with E-state index in [2.05, 4.69) is 5.32 Å². The van der Waals surface area contributed by atoms with Crippen LogP contribution < -0.4 is 11.1 Å². The van der Waals surface area contributed by atoms with Gasteiger partial charge in [0.1, 0.15) is 6.54 Å². The highest BCUT2D eigenvalue weighted by molar-refractivity contribution is 5.93. The number of amides is 1. The molecule has 8 heteroatoms. The Balaban J connectivity index is 1.93. The zero-order valence-electron chi connectivity index (χ0n) is 13.6. The number of hydrogen-bond donors (Lipinski definition) is 1. The highest BCUT2D eigenvalue weighted by atomic mass is 16.6. The lowest BCUT2D eigenvalue weighted by molar-refractivity contribution is -0.384. The number of para-hydroxylation sites is 1. The second-order valence-electron chi connectivity index (χ2n) is 5.68. The van der Waals surface area contributed by atoms with Crippen molar-refractivity contribution in [1.82, 2.24) is 4.57 Å². The van der Waals surface area contributed by atoms with Crippen LogP contribution in [0.2, 0.25) is 0 Å². The molecule has 3 rings (SSSR count). The molecule has 1 amide bonds. The van der Waals surface area contributed by atoms with Crippen LogP contribution in [0.4, 0.5) is 11.4 Å². The monoisotopic (exact) mass is 341 g/mol. The number of aryl methyl sites for hydroxylation is 2. The molecule has 25 heavy (non-hydrogen) atoms. The average molecular weight is 341 g/mol. The lowest BCUT2D eigenvalue weighted by atomic mass is 10.1. The largest absolute Gasteiger partial charge is 0.420 e. The highest BCUT2D eigenvalue weighted by Gasteiger charge is 2.17. The second kappa shape index (κ2) is 6.23. The SMILES string of the molecule is Cc1cccc(C)c1NC(=O)Cn1c(=O)oc2ccc([N+](=O)[O-])cc21. The molecule has 0 aliphatic rings. The predicted molar refractivity (Wildman–Crippen MR) is 91.7 cm³/mol. The van der Waals surface area contributed by atoms with Crippen LogP contribution in [0.1, 0.15) is 11.1 Å². The van der Waals surface area contributed by atoms with E-state index >= 15 is 0 Å². The summed E-state index contributed by atoms with van der Waals surface area (Å²) in [5.41, 5.74) is 2.68. The van der Waals surface area contributed by atoms with Gasteiger partial charge in [-0.2, -0.15) is 0 Å². The van der Waals surface area contributed by atoms with Crippen molar-refractivity contribution in [2.75, 3.05) is 5.32 Å². The minimum Gasteiger partial charge on any atom is -0.408 e. The summed E-state index contributed by atoms with van der Waals surface area (Å²) >= 11 is 0. The molecule has 0 unspecified atom stereocenters. The molecule has 0 aliphatic heterocycles. The molecule has 1 heterocycles. The third-order valence-electron chi connectivity index (χ3n) is 3.91. The molecule has 8 nitrogen and oxygen atoms in total. The molecule has 0 spiro atoms. The number of nitro groups is 1. The number of oxazole rings is 1. The van der Waals surface area contributed by atoms with Crippen molar-refractivity contribution in [3.63, 3.8) is 0 Å². The minimum absolute atomic E-state index is 0.183. The van der Waals surface area contributed by atoms with Crippen LogP contribution in [0.25, 0.3) is 11.1 Å². The number of nitro benzene ring substituents is 1. The van der Waals surface area contributed by atoms with Gasteiger partial charge in [-0.15, -0.1) is 0 Å². The van der Waals surface area contributed by atoms with Gasteiger partial charge in [-0.1, -0.05) is 18.2 Å². The molecule has 0 aliphatic carbocycles. The fraction of sp³-hybridized carbons (Fsp3) is 0.176. The maximum atomic E-state index is 12.4. The molecule has 0 fully saturated rings. The Morgan fingerprint density at radius 1 is 1.24 bits per heavy atom. The summed E-state index contributed by atoms with van der Waals surface area (Å²) in [4.78, 5) is 34.7. The number of fused-ring (bicyclic) bond motifs is 1. The van der Waals surface area contributed by atoms with Gasteiger partial charge >= 0.3 is 5.76 Å². The molecule has 1 aromatic heterocycles. The Labute approximate surface area is 141 Å². The summed E-state index contributed by atoms with van der Waals surface area (Å²) in [5, 5.41) is 13.7. The molecule has 1 N–H and O–H groups in total. The number of carbonyl (C=O) groups excluding carboxylic acids is 1. The number of nitrogens with one attached hydrogen (secondary N) is 1. The molecule has 128 valence electrons. The zero-order valence-corrected chi connectivity index (χ0v) is 13.6. The number of nitrogens with zero attached hydrogens (tertiary/aromatic N) is 2. The van der Waals surface area contributed by atoms with Crippen molar-refractivity contribution >= 4 is 28.4 Å². The predicted octanol–water partition coefficient (Wildman–Crippen LogP) is 2.76. The molecular weight excluding hydrogens is 326 g/mol. The number of carbonyl (C=O) groups is 1. The first-order valence-electron chi connectivity index (χ1n) is 7.50. The molecule has 0 saturated carbocycles. The first-order chi connectivity index (χ1) is 11.9. The van der Waals surface area contributed by atoms with Crippen LogP contribution in [0.3, 0.4) is 0 Å². The third-order valence-corrected chi connectivity index (χ3v) is 3.91. The fourth-order valence-corrected chi connectivity index (χ4v) is 2.65. The van der Waals surface area contributed by atoms with E-state index in [9.17, 15) is 19.7 Å². The third kappa shape index (κ3) is 3.14. The maximum Gasteiger partial charge on any atom is 0.420 e. The molecular formula is C17H15N3O5. The lowest BCUT2D eigenvalue weighted by Crippen LogP contribution is -2.25. The quantitative estimate of drug-likeness (QED) is 0.580. The Kier molecular flexibility index (Phi) is 4.10. The van der Waals surface area contributed by atoms with Crippen LogP contribution in [0.5, 0.6) is 0 Å². The minimum atomic E-state index is -0.743. The number of aromatic nitrogens is 1. The molecule has 0 atom stereocenters. The fourth-order valence-electron chi connectivity index (χ4n) is 2.65. The summed E-state index contributed by atoms with van der Waals surface area (Å²) in [6.07, 6.45) is 0. The standard InChI is InChI=1S/C17H15N3O5/c1-10-4-3-5-11(2)16(10)18-15(21)9-19-13-8-12(20(23)24)6-7-14(13)25-17(19)22/h3-8H,9H2,1-2H3,(H,18,21). The van der Waals surface area contributed by atoms with E-state index in [1.165, 1.54) is 18.2 Å². The highest BCUT2D eigenvalue weighted by Crippen LogP contribution is 2.21. The van der Waals surface area contributed by atoms with Crippen molar-refractivity contribution in [1.29, 1.82) is 0 Å². The van der Waals surface area contributed by atoms with Gasteiger partial charge in [0.25, 0.3) is 5.69 Å². The first-order valence-corrected chi connectivity index (χ1v) is 7.50. The van der Waals surface area contributed by atoms with Gasteiger partial charge in [-0.3, -0.25) is 19.5 Å². The van der Waals surface area contributed by atoms with Crippen molar-refractivity contribution in [2.45, 2.75) is 20.4 Å².